The van der Waals surface area contributed by atoms with Crippen LogP contribution in [0.25, 0.3) is 0 Å². The van der Waals surface area contributed by atoms with E-state index in [0.717, 1.165) is 25.9 Å². The first-order valence-electron chi connectivity index (χ1n) is 9.36. The number of piperidine rings is 1. The van der Waals surface area contributed by atoms with Gasteiger partial charge in [-0.3, -0.25) is 9.69 Å². The van der Waals surface area contributed by atoms with E-state index in [4.69, 9.17) is 4.74 Å². The summed E-state index contributed by atoms with van der Waals surface area (Å²) in [5.74, 6) is -0.132. The third kappa shape index (κ3) is 5.88. The van der Waals surface area contributed by atoms with Crippen LogP contribution >= 0.6 is 12.4 Å². The number of anilines is 1. The summed E-state index contributed by atoms with van der Waals surface area (Å²) in [5.41, 5.74) is 0.497. The highest BCUT2D eigenvalue weighted by atomic mass is 35.5. The molecule has 2 fully saturated rings. The number of hydrogen-bond acceptors (Lipinski definition) is 6. The van der Waals surface area contributed by atoms with Crippen molar-refractivity contribution in [3.8, 4) is 0 Å². The van der Waals surface area contributed by atoms with E-state index >= 15 is 0 Å². The number of carbonyl (C=O) groups is 1. The molecule has 0 bridgehead atoms. The molecule has 1 unspecified atom stereocenters. The van der Waals surface area contributed by atoms with Crippen LogP contribution in [-0.4, -0.2) is 82.6 Å². The number of halogens is 1. The van der Waals surface area contributed by atoms with Gasteiger partial charge in [0.1, 0.15) is 0 Å². The minimum absolute atomic E-state index is 0. The first-order chi connectivity index (χ1) is 13.0. The van der Waals surface area contributed by atoms with Crippen LogP contribution in [0.2, 0.25) is 0 Å². The van der Waals surface area contributed by atoms with Gasteiger partial charge in [-0.2, -0.15) is 4.31 Å². The number of amides is 1. The molecule has 2 aliphatic heterocycles. The molecule has 2 heterocycles. The van der Waals surface area contributed by atoms with Crippen molar-refractivity contribution in [3.05, 3.63) is 24.3 Å². The third-order valence-corrected chi connectivity index (χ3v) is 6.90. The van der Waals surface area contributed by atoms with E-state index in [0.29, 0.717) is 44.6 Å². The Labute approximate surface area is 173 Å². The minimum atomic E-state index is -3.57. The Balaban J connectivity index is 0.00000280. The van der Waals surface area contributed by atoms with E-state index in [2.05, 4.69) is 15.5 Å². The lowest BCUT2D eigenvalue weighted by molar-refractivity contribution is -0.117. The Morgan fingerprint density at radius 1 is 1.25 bits per heavy atom. The standard InChI is InChI=1S/C18H28N4O4S.ClH/c1-19-16-5-3-7-21(13-16)14-18(23)20-15-4-2-6-17(12-15)27(24,25)22-8-10-26-11-9-22;/h2,4,6,12,16,19H,3,5,7-11,13-14H2,1H3,(H,20,23);1H. The first-order valence-corrected chi connectivity index (χ1v) is 10.8. The summed E-state index contributed by atoms with van der Waals surface area (Å²) in [4.78, 5) is 14.7. The van der Waals surface area contributed by atoms with Gasteiger partial charge >= 0.3 is 0 Å². The molecular formula is C18H29ClN4O4S. The Bertz CT molecular complexity index is 756. The zero-order valence-electron chi connectivity index (χ0n) is 16.1. The smallest absolute Gasteiger partial charge is 0.243 e. The fraction of sp³-hybridized carbons (Fsp3) is 0.611. The van der Waals surface area contributed by atoms with Crippen LogP contribution in [0.15, 0.2) is 29.2 Å². The van der Waals surface area contributed by atoms with Gasteiger partial charge in [0.15, 0.2) is 0 Å². The second-order valence-corrected chi connectivity index (χ2v) is 8.89. The summed E-state index contributed by atoms with van der Waals surface area (Å²) in [6.07, 6.45) is 2.18. The molecule has 0 saturated carbocycles. The van der Waals surface area contributed by atoms with Crippen LogP contribution in [-0.2, 0) is 19.6 Å². The number of morpholine rings is 1. The van der Waals surface area contributed by atoms with Gasteiger partial charge in [0.25, 0.3) is 0 Å². The van der Waals surface area contributed by atoms with Gasteiger partial charge in [-0.15, -0.1) is 12.4 Å². The van der Waals surface area contributed by atoms with Crippen LogP contribution in [0.3, 0.4) is 0 Å². The molecule has 0 aromatic heterocycles. The van der Waals surface area contributed by atoms with Gasteiger partial charge in [-0.1, -0.05) is 6.07 Å². The summed E-state index contributed by atoms with van der Waals surface area (Å²) >= 11 is 0. The number of likely N-dealkylation sites (tertiary alicyclic amines) is 1. The lowest BCUT2D eigenvalue weighted by atomic mass is 10.1. The molecule has 2 saturated heterocycles. The molecule has 1 amide bonds. The minimum Gasteiger partial charge on any atom is -0.379 e. The Hall–Kier alpha value is -1.23. The number of nitrogens with zero attached hydrogens (tertiary/aromatic N) is 2. The summed E-state index contributed by atoms with van der Waals surface area (Å²) in [7, 11) is -1.64. The van der Waals surface area contributed by atoms with Crippen LogP contribution in [0.5, 0.6) is 0 Å². The van der Waals surface area contributed by atoms with Crippen molar-refractivity contribution in [1.82, 2.24) is 14.5 Å². The zero-order valence-corrected chi connectivity index (χ0v) is 17.7. The molecule has 2 aliphatic rings. The molecule has 0 spiro atoms. The van der Waals surface area contributed by atoms with Crippen molar-refractivity contribution < 1.29 is 17.9 Å². The van der Waals surface area contributed by atoms with Crippen molar-refractivity contribution in [2.75, 3.05) is 58.3 Å². The normalized spacial score (nSPS) is 21.7. The molecule has 158 valence electrons. The van der Waals surface area contributed by atoms with Crippen molar-refractivity contribution in [3.63, 3.8) is 0 Å². The fourth-order valence-corrected chi connectivity index (χ4v) is 4.96. The molecule has 28 heavy (non-hydrogen) atoms. The van der Waals surface area contributed by atoms with Crippen LogP contribution in [0, 0.1) is 0 Å². The third-order valence-electron chi connectivity index (χ3n) is 5.01. The van der Waals surface area contributed by atoms with Gasteiger partial charge in [0, 0.05) is 31.4 Å². The SMILES string of the molecule is CNC1CCCN(CC(=O)Nc2cccc(S(=O)(=O)N3CCOCC3)c2)C1.Cl. The van der Waals surface area contributed by atoms with Crippen LogP contribution in [0.1, 0.15) is 12.8 Å². The molecule has 0 radical (unpaired) electrons. The van der Waals surface area contributed by atoms with Gasteiger partial charge in [0.05, 0.1) is 24.7 Å². The molecular weight excluding hydrogens is 404 g/mol. The number of benzene rings is 1. The predicted molar refractivity (Wildman–Crippen MR) is 110 cm³/mol. The second kappa shape index (κ2) is 10.5. The average Bonchev–Trinajstić information content (AvgIpc) is 2.69. The van der Waals surface area contributed by atoms with Crippen molar-refractivity contribution >= 4 is 34.0 Å². The fourth-order valence-electron chi connectivity index (χ4n) is 3.51. The van der Waals surface area contributed by atoms with E-state index in [1.807, 2.05) is 7.05 Å². The van der Waals surface area contributed by atoms with Crippen LogP contribution < -0.4 is 10.6 Å². The molecule has 1 atom stereocenters. The van der Waals surface area contributed by atoms with Gasteiger partial charge in [0.2, 0.25) is 15.9 Å². The average molecular weight is 433 g/mol. The van der Waals surface area contributed by atoms with Crippen molar-refractivity contribution in [2.45, 2.75) is 23.8 Å². The summed E-state index contributed by atoms with van der Waals surface area (Å²) in [6.45, 7) is 3.55. The second-order valence-electron chi connectivity index (χ2n) is 6.96. The molecule has 1 aromatic carbocycles. The van der Waals surface area contributed by atoms with E-state index in [-0.39, 0.29) is 23.2 Å². The van der Waals surface area contributed by atoms with Crippen molar-refractivity contribution in [2.24, 2.45) is 0 Å². The Morgan fingerprint density at radius 3 is 2.71 bits per heavy atom. The maximum atomic E-state index is 12.8. The number of hydrogen-bond donors (Lipinski definition) is 2. The number of sulfonamides is 1. The molecule has 3 rings (SSSR count). The van der Waals surface area contributed by atoms with Gasteiger partial charge in [-0.25, -0.2) is 8.42 Å². The maximum Gasteiger partial charge on any atom is 0.243 e. The number of rotatable bonds is 6. The van der Waals surface area contributed by atoms with E-state index in [9.17, 15) is 13.2 Å². The number of carbonyl (C=O) groups excluding carboxylic acids is 1. The first kappa shape index (κ1) is 23.1. The highest BCUT2D eigenvalue weighted by Gasteiger charge is 2.26. The van der Waals surface area contributed by atoms with Gasteiger partial charge in [-0.05, 0) is 44.6 Å². The Kier molecular flexibility index (Phi) is 8.66. The number of ether oxygens (including phenoxy) is 1. The summed E-state index contributed by atoms with van der Waals surface area (Å²) < 4.78 is 32.1. The van der Waals surface area contributed by atoms with E-state index < -0.39 is 10.0 Å². The largest absolute Gasteiger partial charge is 0.379 e. The summed E-state index contributed by atoms with van der Waals surface area (Å²) in [5, 5.41) is 6.09. The molecule has 10 heteroatoms. The van der Waals surface area contributed by atoms with Gasteiger partial charge < -0.3 is 15.4 Å². The molecule has 1 aromatic rings. The maximum absolute atomic E-state index is 12.8. The Morgan fingerprint density at radius 2 is 2.00 bits per heavy atom. The lowest BCUT2D eigenvalue weighted by Gasteiger charge is -2.31. The number of nitrogens with one attached hydrogen (secondary N) is 2. The molecule has 8 nitrogen and oxygen atoms in total. The number of likely N-dealkylation sites (N-methyl/N-ethyl adjacent to an activating group) is 1. The predicted octanol–water partition coefficient (Wildman–Crippen LogP) is 0.752. The van der Waals surface area contributed by atoms with E-state index in [1.54, 1.807) is 18.2 Å². The topological polar surface area (TPSA) is 91.0 Å². The summed E-state index contributed by atoms with van der Waals surface area (Å²) in [6, 6.07) is 6.86. The highest BCUT2D eigenvalue weighted by molar-refractivity contribution is 7.89. The molecule has 2 N–H and O–H groups in total. The van der Waals surface area contributed by atoms with Crippen LogP contribution in [0.4, 0.5) is 5.69 Å². The van der Waals surface area contributed by atoms with E-state index in [1.165, 1.54) is 10.4 Å². The molecule has 0 aliphatic carbocycles. The monoisotopic (exact) mass is 432 g/mol. The zero-order chi connectivity index (χ0) is 19.3. The highest BCUT2D eigenvalue weighted by Crippen LogP contribution is 2.20. The lowest BCUT2D eigenvalue weighted by Crippen LogP contribution is -2.46. The van der Waals surface area contributed by atoms with Crippen molar-refractivity contribution in [1.29, 1.82) is 0 Å². The quantitative estimate of drug-likeness (QED) is 0.689.